The molecule has 1 aliphatic carbocycles. The molecule has 224 valence electrons. The number of nitrogens with zero attached hydrogens (tertiary/aromatic N) is 3. The Labute approximate surface area is 254 Å². The van der Waals surface area contributed by atoms with Gasteiger partial charge in [-0.15, -0.1) is 0 Å². The van der Waals surface area contributed by atoms with E-state index in [0.29, 0.717) is 40.1 Å². The number of benzene rings is 3. The zero-order valence-corrected chi connectivity index (χ0v) is 25.4. The number of piperazine rings is 1. The van der Waals surface area contributed by atoms with Crippen molar-refractivity contribution in [2.24, 2.45) is 5.92 Å². The van der Waals surface area contributed by atoms with Crippen LogP contribution >= 0.6 is 0 Å². The van der Waals surface area contributed by atoms with Gasteiger partial charge in [-0.2, -0.15) is 0 Å². The second-order valence-electron chi connectivity index (χ2n) is 11.9. The van der Waals surface area contributed by atoms with Gasteiger partial charge in [0.15, 0.2) is 0 Å². The van der Waals surface area contributed by atoms with Crippen molar-refractivity contribution in [3.8, 4) is 11.1 Å². The van der Waals surface area contributed by atoms with Crippen molar-refractivity contribution in [2.45, 2.75) is 50.0 Å². The Kier molecular flexibility index (Phi) is 8.36. The van der Waals surface area contributed by atoms with E-state index in [0.717, 1.165) is 30.9 Å². The van der Waals surface area contributed by atoms with Crippen LogP contribution in [0.15, 0.2) is 83.9 Å². The van der Waals surface area contributed by atoms with Gasteiger partial charge in [0.05, 0.1) is 10.4 Å². The topological polar surface area (TPSA) is 109 Å². The summed E-state index contributed by atoms with van der Waals surface area (Å²) in [5, 5.41) is 0.902. The van der Waals surface area contributed by atoms with Gasteiger partial charge in [0.2, 0.25) is 0 Å². The van der Waals surface area contributed by atoms with Crippen LogP contribution in [0.2, 0.25) is 0 Å². The summed E-state index contributed by atoms with van der Waals surface area (Å²) in [5.41, 5.74) is 9.32. The molecule has 0 bridgehead atoms. The van der Waals surface area contributed by atoms with Crippen LogP contribution in [0.3, 0.4) is 0 Å². The summed E-state index contributed by atoms with van der Waals surface area (Å²) in [6.45, 7) is 5.72. The molecule has 43 heavy (non-hydrogen) atoms. The van der Waals surface area contributed by atoms with Crippen LogP contribution in [-0.2, 0) is 10.0 Å². The lowest BCUT2D eigenvalue weighted by atomic mass is 9.88. The number of sulfonamides is 1. The molecular formula is C34H39N5O3S. The maximum absolute atomic E-state index is 13.7. The third kappa shape index (κ3) is 6.38. The molecule has 6 rings (SSSR count). The number of carbonyl (C=O) groups excluding carboxylic acids is 1. The van der Waals surface area contributed by atoms with E-state index < -0.39 is 10.0 Å². The first kappa shape index (κ1) is 29.1. The first-order valence-corrected chi connectivity index (χ1v) is 16.7. The summed E-state index contributed by atoms with van der Waals surface area (Å²) < 4.78 is 30.0. The maximum Gasteiger partial charge on any atom is 0.262 e. The Hall–Kier alpha value is -3.95. The van der Waals surface area contributed by atoms with Gasteiger partial charge in [-0.1, -0.05) is 43.5 Å². The summed E-state index contributed by atoms with van der Waals surface area (Å²) in [6.07, 6.45) is 8.38. The number of nitrogens with two attached hydrogens (primary N) is 1. The SMILES string of the molecule is C[C@@H]1CN(CC2CCCCC2)CCN1C(=O)c1ccc(NS(=O)(=O)c2ccc(N)cc2-c2cccc3cccnc23)cc1. The number of nitrogens with one attached hydrogen (secondary N) is 1. The Balaban J connectivity index is 1.16. The molecule has 0 radical (unpaired) electrons. The maximum atomic E-state index is 13.7. The van der Waals surface area contributed by atoms with Crippen LogP contribution in [0, 0.1) is 5.92 Å². The molecule has 0 unspecified atom stereocenters. The van der Waals surface area contributed by atoms with Crippen molar-refractivity contribution in [3.05, 3.63) is 84.6 Å². The molecule has 1 atom stereocenters. The number of rotatable bonds is 7. The summed E-state index contributed by atoms with van der Waals surface area (Å²) in [7, 11) is -3.99. The van der Waals surface area contributed by atoms with E-state index in [1.54, 1.807) is 42.6 Å². The van der Waals surface area contributed by atoms with Crippen LogP contribution in [0.5, 0.6) is 0 Å². The second-order valence-corrected chi connectivity index (χ2v) is 13.6. The normalized spacial score (nSPS) is 18.5. The van der Waals surface area contributed by atoms with Crippen molar-refractivity contribution in [3.63, 3.8) is 0 Å². The van der Waals surface area contributed by atoms with Gasteiger partial charge in [0, 0.05) is 71.9 Å². The molecule has 1 saturated heterocycles. The molecule has 2 aliphatic rings. The highest BCUT2D eigenvalue weighted by Gasteiger charge is 2.30. The molecule has 3 N–H and O–H groups in total. The lowest BCUT2D eigenvalue weighted by molar-refractivity contribution is 0.0444. The van der Waals surface area contributed by atoms with Gasteiger partial charge in [-0.05, 0) is 74.2 Å². The fourth-order valence-corrected chi connectivity index (χ4v) is 7.87. The molecule has 1 saturated carbocycles. The van der Waals surface area contributed by atoms with Crippen LogP contribution in [0.1, 0.15) is 49.4 Å². The van der Waals surface area contributed by atoms with E-state index in [1.807, 2.05) is 35.2 Å². The summed E-state index contributed by atoms with van der Waals surface area (Å²) >= 11 is 0. The Bertz CT molecular complexity index is 1710. The zero-order chi connectivity index (χ0) is 30.0. The number of carbonyl (C=O) groups is 1. The Morgan fingerprint density at radius 3 is 2.49 bits per heavy atom. The highest BCUT2D eigenvalue weighted by Crippen LogP contribution is 2.34. The van der Waals surface area contributed by atoms with Crippen molar-refractivity contribution >= 4 is 38.2 Å². The van der Waals surface area contributed by atoms with E-state index in [1.165, 1.54) is 38.2 Å². The van der Waals surface area contributed by atoms with Gasteiger partial charge in [0.25, 0.3) is 15.9 Å². The number of hydrogen-bond donors (Lipinski definition) is 2. The van der Waals surface area contributed by atoms with Crippen LogP contribution < -0.4 is 10.5 Å². The van der Waals surface area contributed by atoms with Crippen LogP contribution in [0.4, 0.5) is 11.4 Å². The molecule has 4 aromatic rings. The number of fused-ring (bicyclic) bond motifs is 1. The summed E-state index contributed by atoms with van der Waals surface area (Å²) in [4.78, 5) is 22.5. The number of nitrogen functional groups attached to an aromatic ring is 1. The van der Waals surface area contributed by atoms with E-state index in [4.69, 9.17) is 5.73 Å². The van der Waals surface area contributed by atoms with Crippen LogP contribution in [0.25, 0.3) is 22.0 Å². The van der Waals surface area contributed by atoms with E-state index >= 15 is 0 Å². The molecule has 1 amide bonds. The Morgan fingerprint density at radius 2 is 1.72 bits per heavy atom. The number of anilines is 2. The van der Waals surface area contributed by atoms with Gasteiger partial charge in [-0.3, -0.25) is 19.4 Å². The highest BCUT2D eigenvalue weighted by atomic mass is 32.2. The minimum Gasteiger partial charge on any atom is -0.399 e. The molecule has 0 spiro atoms. The zero-order valence-electron chi connectivity index (χ0n) is 24.6. The second kappa shape index (κ2) is 12.3. The molecule has 1 aromatic heterocycles. The minimum atomic E-state index is -3.99. The molecule has 9 heteroatoms. The Morgan fingerprint density at radius 1 is 0.953 bits per heavy atom. The number of aromatic nitrogens is 1. The predicted molar refractivity (Wildman–Crippen MR) is 172 cm³/mol. The number of hydrogen-bond acceptors (Lipinski definition) is 6. The average Bonchev–Trinajstić information content (AvgIpc) is 3.01. The third-order valence-electron chi connectivity index (χ3n) is 8.81. The quantitative estimate of drug-likeness (QED) is 0.253. The molecule has 8 nitrogen and oxygen atoms in total. The van der Waals surface area contributed by atoms with Crippen molar-refractivity contribution in [1.82, 2.24) is 14.8 Å². The fraction of sp³-hybridized carbons (Fsp3) is 0.353. The minimum absolute atomic E-state index is 0.0245. The lowest BCUT2D eigenvalue weighted by Crippen LogP contribution is -2.54. The molecule has 2 heterocycles. The fourth-order valence-electron chi connectivity index (χ4n) is 6.61. The first-order chi connectivity index (χ1) is 20.8. The third-order valence-corrected chi connectivity index (χ3v) is 10.3. The standard InChI is InChI=1S/C34H39N5O3S/c1-24-22-38(23-25-7-3-2-4-8-25)19-20-39(24)34(40)27-12-15-29(16-13-27)37-43(41,42)32-17-14-28(35)21-31(32)30-11-5-9-26-10-6-18-36-33(26)30/h5-6,9-18,21,24-25,37H,2-4,7-8,19-20,22-23,35H2,1H3/t24-/m1/s1. The largest absolute Gasteiger partial charge is 0.399 e. The van der Waals surface area contributed by atoms with Gasteiger partial charge < -0.3 is 10.6 Å². The number of amides is 1. The van der Waals surface area contributed by atoms with Crippen molar-refractivity contribution < 1.29 is 13.2 Å². The van der Waals surface area contributed by atoms with Crippen molar-refractivity contribution in [2.75, 3.05) is 36.6 Å². The highest BCUT2D eigenvalue weighted by molar-refractivity contribution is 7.92. The number of para-hydroxylation sites is 1. The summed E-state index contributed by atoms with van der Waals surface area (Å²) in [6, 6.07) is 21.0. The monoisotopic (exact) mass is 597 g/mol. The molecular weight excluding hydrogens is 558 g/mol. The lowest BCUT2D eigenvalue weighted by Gasteiger charge is -2.41. The van der Waals surface area contributed by atoms with Crippen molar-refractivity contribution in [1.29, 1.82) is 0 Å². The molecule has 2 fully saturated rings. The molecule has 3 aromatic carbocycles. The van der Waals surface area contributed by atoms with E-state index in [2.05, 4.69) is 21.5 Å². The first-order valence-electron chi connectivity index (χ1n) is 15.2. The van der Waals surface area contributed by atoms with Gasteiger partial charge >= 0.3 is 0 Å². The number of pyridine rings is 1. The average molecular weight is 598 g/mol. The van der Waals surface area contributed by atoms with Gasteiger partial charge in [-0.25, -0.2) is 8.42 Å². The van der Waals surface area contributed by atoms with E-state index in [-0.39, 0.29) is 16.8 Å². The van der Waals surface area contributed by atoms with E-state index in [9.17, 15) is 13.2 Å². The van der Waals surface area contributed by atoms with Gasteiger partial charge in [0.1, 0.15) is 0 Å². The molecule has 1 aliphatic heterocycles. The smallest absolute Gasteiger partial charge is 0.262 e. The predicted octanol–water partition coefficient (Wildman–Crippen LogP) is 6.01. The van der Waals surface area contributed by atoms with Crippen LogP contribution in [-0.4, -0.2) is 61.3 Å². The summed E-state index contributed by atoms with van der Waals surface area (Å²) in [5.74, 6) is 0.760.